The van der Waals surface area contributed by atoms with Gasteiger partial charge in [0, 0.05) is 12.6 Å². The van der Waals surface area contributed by atoms with E-state index in [2.05, 4.69) is 41.2 Å². The molecule has 1 saturated heterocycles. The summed E-state index contributed by atoms with van der Waals surface area (Å²) in [7, 11) is 0. The van der Waals surface area contributed by atoms with Gasteiger partial charge >= 0.3 is 0 Å². The van der Waals surface area contributed by atoms with Gasteiger partial charge in [0.25, 0.3) is 0 Å². The maximum absolute atomic E-state index is 3.36. The van der Waals surface area contributed by atoms with Crippen molar-refractivity contribution in [2.75, 3.05) is 6.54 Å². The van der Waals surface area contributed by atoms with E-state index in [9.17, 15) is 0 Å². The summed E-state index contributed by atoms with van der Waals surface area (Å²) in [6.45, 7) is 0.994. The SMILES string of the molecule is C1=c2ccccc2=C2CCC3NNCC3=C12. The number of hydrogen-bond donors (Lipinski definition) is 2. The van der Waals surface area contributed by atoms with Gasteiger partial charge in [0.15, 0.2) is 0 Å². The minimum absolute atomic E-state index is 0.560. The Morgan fingerprint density at radius 1 is 1.19 bits per heavy atom. The Bertz CT molecular complexity index is 610. The van der Waals surface area contributed by atoms with E-state index in [0.717, 1.165) is 6.54 Å². The van der Waals surface area contributed by atoms with Crippen LogP contribution in [-0.2, 0) is 0 Å². The predicted molar refractivity (Wildman–Crippen MR) is 64.8 cm³/mol. The molecule has 1 aliphatic heterocycles. The molecule has 1 unspecified atom stereocenters. The standard InChI is InChI=1S/C14H14N2/c1-2-4-10-9(3-1)7-12-11(10)5-6-14-13(12)8-15-16-14/h1-4,7,14-16H,5-6,8H2. The van der Waals surface area contributed by atoms with Crippen LogP contribution in [-0.4, -0.2) is 12.6 Å². The first kappa shape index (κ1) is 8.74. The molecule has 1 aromatic carbocycles. The Labute approximate surface area is 94.3 Å². The number of rotatable bonds is 0. The van der Waals surface area contributed by atoms with Gasteiger partial charge in [0.1, 0.15) is 0 Å². The maximum Gasteiger partial charge on any atom is 0.0447 e. The molecule has 1 aromatic rings. The van der Waals surface area contributed by atoms with Crippen molar-refractivity contribution in [2.45, 2.75) is 18.9 Å². The Kier molecular flexibility index (Phi) is 1.67. The van der Waals surface area contributed by atoms with Crippen LogP contribution in [0.25, 0.3) is 11.6 Å². The lowest BCUT2D eigenvalue weighted by molar-refractivity contribution is 0.548. The van der Waals surface area contributed by atoms with E-state index < -0.39 is 0 Å². The molecule has 3 aliphatic rings. The number of hydrazine groups is 1. The Morgan fingerprint density at radius 3 is 3.12 bits per heavy atom. The van der Waals surface area contributed by atoms with Crippen LogP contribution in [0.2, 0.25) is 0 Å². The average molecular weight is 210 g/mol. The third-order valence-corrected chi connectivity index (χ3v) is 3.92. The van der Waals surface area contributed by atoms with Crippen LogP contribution < -0.4 is 21.3 Å². The molecule has 1 atom stereocenters. The fourth-order valence-electron chi connectivity index (χ4n) is 3.14. The highest BCUT2D eigenvalue weighted by atomic mass is 15.4. The van der Waals surface area contributed by atoms with Crippen molar-refractivity contribution in [3.63, 3.8) is 0 Å². The summed E-state index contributed by atoms with van der Waals surface area (Å²) in [5.41, 5.74) is 11.2. The summed E-state index contributed by atoms with van der Waals surface area (Å²) < 4.78 is 0. The number of fused-ring (bicyclic) bond motifs is 3. The molecule has 1 heterocycles. The van der Waals surface area contributed by atoms with Crippen LogP contribution in [0.15, 0.2) is 35.4 Å². The minimum Gasteiger partial charge on any atom is -0.253 e. The fraction of sp³-hybridized carbons (Fsp3) is 0.286. The van der Waals surface area contributed by atoms with Crippen LogP contribution in [0, 0.1) is 0 Å². The first-order valence-electron chi connectivity index (χ1n) is 5.95. The van der Waals surface area contributed by atoms with Crippen LogP contribution >= 0.6 is 0 Å². The average Bonchev–Trinajstić information content (AvgIpc) is 2.92. The van der Waals surface area contributed by atoms with Crippen molar-refractivity contribution in [3.05, 3.63) is 45.8 Å². The van der Waals surface area contributed by atoms with E-state index in [1.165, 1.54) is 28.9 Å². The molecule has 0 bridgehead atoms. The molecule has 2 N–H and O–H groups in total. The van der Waals surface area contributed by atoms with Crippen molar-refractivity contribution in [3.8, 4) is 0 Å². The van der Waals surface area contributed by atoms with Crippen LogP contribution in [0.3, 0.4) is 0 Å². The smallest absolute Gasteiger partial charge is 0.0447 e. The number of hydrogen-bond acceptors (Lipinski definition) is 2. The van der Waals surface area contributed by atoms with Gasteiger partial charge in [-0.1, -0.05) is 24.3 Å². The second-order valence-electron chi connectivity index (χ2n) is 4.74. The summed E-state index contributed by atoms with van der Waals surface area (Å²) in [5.74, 6) is 0. The normalized spacial score (nSPS) is 26.2. The molecule has 2 heteroatoms. The van der Waals surface area contributed by atoms with Gasteiger partial charge in [-0.15, -0.1) is 0 Å². The quantitative estimate of drug-likeness (QED) is 0.639. The van der Waals surface area contributed by atoms with E-state index in [1.807, 2.05) is 0 Å². The Hall–Kier alpha value is -1.38. The number of allylic oxidation sites excluding steroid dienone is 1. The van der Waals surface area contributed by atoms with Gasteiger partial charge in [-0.05, 0) is 46.1 Å². The van der Waals surface area contributed by atoms with E-state index in [0.29, 0.717) is 6.04 Å². The van der Waals surface area contributed by atoms with Crippen LogP contribution in [0.1, 0.15) is 12.8 Å². The largest absolute Gasteiger partial charge is 0.253 e. The third kappa shape index (κ3) is 1.03. The van der Waals surface area contributed by atoms with Crippen molar-refractivity contribution in [1.82, 2.24) is 10.9 Å². The molecular weight excluding hydrogens is 196 g/mol. The van der Waals surface area contributed by atoms with E-state index >= 15 is 0 Å². The molecule has 2 aliphatic carbocycles. The molecule has 2 nitrogen and oxygen atoms in total. The summed E-state index contributed by atoms with van der Waals surface area (Å²) in [6, 6.07) is 9.31. The summed E-state index contributed by atoms with van der Waals surface area (Å²) in [4.78, 5) is 0. The summed E-state index contributed by atoms with van der Waals surface area (Å²) in [6.07, 6.45) is 4.79. The Balaban J connectivity index is 2.07. The fourth-order valence-corrected chi connectivity index (χ4v) is 3.14. The lowest BCUT2D eigenvalue weighted by Crippen LogP contribution is -2.31. The zero-order chi connectivity index (χ0) is 10.5. The van der Waals surface area contributed by atoms with Crippen molar-refractivity contribution in [1.29, 1.82) is 0 Å². The number of nitrogens with one attached hydrogen (secondary N) is 2. The molecule has 0 spiro atoms. The van der Waals surface area contributed by atoms with E-state index in [-0.39, 0.29) is 0 Å². The van der Waals surface area contributed by atoms with Crippen molar-refractivity contribution >= 4 is 11.6 Å². The first-order valence-corrected chi connectivity index (χ1v) is 5.95. The molecular formula is C14H14N2. The molecule has 16 heavy (non-hydrogen) atoms. The van der Waals surface area contributed by atoms with Gasteiger partial charge in [-0.2, -0.15) is 0 Å². The van der Waals surface area contributed by atoms with Crippen LogP contribution in [0.5, 0.6) is 0 Å². The number of benzene rings is 1. The van der Waals surface area contributed by atoms with Crippen molar-refractivity contribution in [2.24, 2.45) is 0 Å². The van der Waals surface area contributed by atoms with E-state index in [1.54, 1.807) is 11.1 Å². The van der Waals surface area contributed by atoms with Gasteiger partial charge in [-0.25, -0.2) is 0 Å². The summed E-state index contributed by atoms with van der Waals surface area (Å²) in [5, 5.41) is 2.85. The molecule has 0 saturated carbocycles. The second kappa shape index (κ2) is 3.06. The van der Waals surface area contributed by atoms with Crippen LogP contribution in [0.4, 0.5) is 0 Å². The Morgan fingerprint density at radius 2 is 2.12 bits per heavy atom. The molecule has 80 valence electrons. The lowest BCUT2D eigenvalue weighted by atomic mass is 9.86. The minimum atomic E-state index is 0.560. The zero-order valence-electron chi connectivity index (χ0n) is 9.09. The lowest BCUT2D eigenvalue weighted by Gasteiger charge is -2.21. The highest BCUT2D eigenvalue weighted by molar-refractivity contribution is 5.84. The molecule has 4 rings (SSSR count). The van der Waals surface area contributed by atoms with E-state index in [4.69, 9.17) is 0 Å². The van der Waals surface area contributed by atoms with Gasteiger partial charge in [0.2, 0.25) is 0 Å². The second-order valence-corrected chi connectivity index (χ2v) is 4.74. The highest BCUT2D eigenvalue weighted by Crippen LogP contribution is 2.33. The monoisotopic (exact) mass is 210 g/mol. The van der Waals surface area contributed by atoms with Gasteiger partial charge < -0.3 is 0 Å². The molecule has 0 amide bonds. The molecule has 0 radical (unpaired) electrons. The summed E-state index contributed by atoms with van der Waals surface area (Å²) >= 11 is 0. The highest BCUT2D eigenvalue weighted by Gasteiger charge is 2.29. The first-order chi connectivity index (χ1) is 7.93. The predicted octanol–water partition coefficient (Wildman–Crippen LogP) is 0.198. The van der Waals surface area contributed by atoms with Crippen molar-refractivity contribution < 1.29 is 0 Å². The maximum atomic E-state index is 3.36. The zero-order valence-corrected chi connectivity index (χ0v) is 9.09. The topological polar surface area (TPSA) is 24.1 Å². The van der Waals surface area contributed by atoms with Gasteiger partial charge in [0.05, 0.1) is 0 Å². The van der Waals surface area contributed by atoms with Gasteiger partial charge in [-0.3, -0.25) is 10.9 Å². The molecule has 1 fully saturated rings. The molecule has 0 aromatic heterocycles. The third-order valence-electron chi connectivity index (χ3n) is 3.92.